The number of rotatable bonds is 5. The van der Waals surface area contributed by atoms with E-state index < -0.39 is 0 Å². The van der Waals surface area contributed by atoms with Gasteiger partial charge in [0.1, 0.15) is 0 Å². The van der Waals surface area contributed by atoms with Crippen molar-refractivity contribution in [3.63, 3.8) is 0 Å². The van der Waals surface area contributed by atoms with Crippen LogP contribution in [0.4, 0.5) is 0 Å². The molecule has 0 saturated carbocycles. The van der Waals surface area contributed by atoms with E-state index in [9.17, 15) is 0 Å². The Balaban J connectivity index is 1.56. The zero-order valence-electron chi connectivity index (χ0n) is 11.5. The Kier molecular flexibility index (Phi) is 4.43. The minimum atomic E-state index is 0.00964. The summed E-state index contributed by atoms with van der Waals surface area (Å²) in [6.45, 7) is 3.57. The lowest BCUT2D eigenvalue weighted by Crippen LogP contribution is -2.37. The molecule has 2 aromatic carbocycles. The van der Waals surface area contributed by atoms with Crippen LogP contribution < -0.4 is 5.32 Å². The lowest BCUT2D eigenvalue weighted by Gasteiger charge is -2.24. The molecular formula is C17H20N2O. The molecule has 2 aromatic rings. The van der Waals surface area contributed by atoms with Crippen molar-refractivity contribution in [2.75, 3.05) is 13.1 Å². The third kappa shape index (κ3) is 3.45. The molecule has 1 saturated heterocycles. The van der Waals surface area contributed by atoms with E-state index in [1.165, 1.54) is 11.1 Å². The SMILES string of the molecule is c1ccc(CO[C@@H]2NCCN2Cc2ccccc2)cc1. The van der Waals surface area contributed by atoms with Gasteiger partial charge in [-0.05, 0) is 11.1 Å². The minimum Gasteiger partial charge on any atom is -0.345 e. The van der Waals surface area contributed by atoms with Gasteiger partial charge in [-0.25, -0.2) is 0 Å². The summed E-state index contributed by atoms with van der Waals surface area (Å²) in [4.78, 5) is 2.33. The average molecular weight is 268 g/mol. The molecule has 104 valence electrons. The second-order valence-electron chi connectivity index (χ2n) is 5.06. The summed E-state index contributed by atoms with van der Waals surface area (Å²) in [5.41, 5.74) is 2.53. The maximum Gasteiger partial charge on any atom is 0.166 e. The molecule has 3 nitrogen and oxygen atoms in total. The summed E-state index contributed by atoms with van der Waals surface area (Å²) in [7, 11) is 0. The van der Waals surface area contributed by atoms with Gasteiger partial charge in [-0.1, -0.05) is 60.7 Å². The molecule has 1 heterocycles. The Labute approximate surface area is 120 Å². The van der Waals surface area contributed by atoms with Crippen molar-refractivity contribution in [1.82, 2.24) is 10.2 Å². The van der Waals surface area contributed by atoms with Crippen molar-refractivity contribution in [3.8, 4) is 0 Å². The Bertz CT molecular complexity index is 515. The first kappa shape index (κ1) is 13.3. The number of ether oxygens (including phenoxy) is 1. The van der Waals surface area contributed by atoms with Gasteiger partial charge in [0, 0.05) is 19.6 Å². The maximum absolute atomic E-state index is 5.99. The van der Waals surface area contributed by atoms with E-state index in [0.717, 1.165) is 19.6 Å². The van der Waals surface area contributed by atoms with Crippen molar-refractivity contribution in [2.24, 2.45) is 0 Å². The average Bonchev–Trinajstić information content (AvgIpc) is 2.94. The van der Waals surface area contributed by atoms with Crippen LogP contribution in [0.25, 0.3) is 0 Å². The lowest BCUT2D eigenvalue weighted by molar-refractivity contribution is -0.0618. The fourth-order valence-electron chi connectivity index (χ4n) is 2.47. The Morgan fingerprint density at radius 2 is 1.60 bits per heavy atom. The summed E-state index contributed by atoms with van der Waals surface area (Å²) in [6, 6.07) is 20.8. The first-order valence-corrected chi connectivity index (χ1v) is 7.09. The molecule has 3 heteroatoms. The quantitative estimate of drug-likeness (QED) is 0.902. The van der Waals surface area contributed by atoms with Crippen LogP contribution in [-0.2, 0) is 17.9 Å². The van der Waals surface area contributed by atoms with Gasteiger partial charge in [0.2, 0.25) is 0 Å². The Morgan fingerprint density at radius 1 is 0.950 bits per heavy atom. The highest BCUT2D eigenvalue weighted by Gasteiger charge is 2.24. The largest absolute Gasteiger partial charge is 0.345 e. The fraction of sp³-hybridized carbons (Fsp3) is 0.294. The molecule has 0 unspecified atom stereocenters. The van der Waals surface area contributed by atoms with Gasteiger partial charge in [0.15, 0.2) is 6.35 Å². The molecule has 3 rings (SSSR count). The number of nitrogens with one attached hydrogen (secondary N) is 1. The van der Waals surface area contributed by atoms with E-state index in [-0.39, 0.29) is 6.35 Å². The van der Waals surface area contributed by atoms with Crippen LogP contribution in [0.5, 0.6) is 0 Å². The predicted molar refractivity (Wildman–Crippen MR) is 79.9 cm³/mol. The monoisotopic (exact) mass is 268 g/mol. The molecule has 1 aliphatic heterocycles. The molecule has 1 N–H and O–H groups in total. The fourth-order valence-corrected chi connectivity index (χ4v) is 2.47. The third-order valence-electron chi connectivity index (χ3n) is 3.53. The molecule has 0 spiro atoms. The summed E-state index contributed by atoms with van der Waals surface area (Å²) in [5, 5.41) is 3.40. The molecule has 0 aliphatic carbocycles. The molecular weight excluding hydrogens is 248 g/mol. The third-order valence-corrected chi connectivity index (χ3v) is 3.53. The molecule has 1 atom stereocenters. The molecule has 1 aliphatic rings. The van der Waals surface area contributed by atoms with Gasteiger partial charge < -0.3 is 4.74 Å². The molecule has 0 amide bonds. The van der Waals surface area contributed by atoms with Crippen molar-refractivity contribution >= 4 is 0 Å². The number of benzene rings is 2. The second kappa shape index (κ2) is 6.66. The summed E-state index contributed by atoms with van der Waals surface area (Å²) < 4.78 is 5.99. The lowest BCUT2D eigenvalue weighted by atomic mass is 10.2. The van der Waals surface area contributed by atoms with Gasteiger partial charge in [-0.15, -0.1) is 0 Å². The van der Waals surface area contributed by atoms with E-state index in [1.807, 2.05) is 18.2 Å². The van der Waals surface area contributed by atoms with Crippen LogP contribution in [-0.4, -0.2) is 24.3 Å². The smallest absolute Gasteiger partial charge is 0.166 e. The number of hydrogen-bond donors (Lipinski definition) is 1. The van der Waals surface area contributed by atoms with Crippen LogP contribution >= 0.6 is 0 Å². The van der Waals surface area contributed by atoms with E-state index in [0.29, 0.717) is 6.61 Å². The second-order valence-corrected chi connectivity index (χ2v) is 5.06. The molecule has 0 bridgehead atoms. The van der Waals surface area contributed by atoms with Gasteiger partial charge in [-0.3, -0.25) is 10.2 Å². The van der Waals surface area contributed by atoms with E-state index >= 15 is 0 Å². The molecule has 20 heavy (non-hydrogen) atoms. The van der Waals surface area contributed by atoms with Crippen molar-refractivity contribution < 1.29 is 4.74 Å². The van der Waals surface area contributed by atoms with Crippen LogP contribution in [0.2, 0.25) is 0 Å². The van der Waals surface area contributed by atoms with E-state index in [4.69, 9.17) is 4.74 Å². The van der Waals surface area contributed by atoms with Gasteiger partial charge >= 0.3 is 0 Å². The van der Waals surface area contributed by atoms with Crippen molar-refractivity contribution in [3.05, 3.63) is 71.8 Å². The molecule has 0 aromatic heterocycles. The highest BCUT2D eigenvalue weighted by Crippen LogP contribution is 2.13. The van der Waals surface area contributed by atoms with Crippen molar-refractivity contribution in [2.45, 2.75) is 19.5 Å². The van der Waals surface area contributed by atoms with Crippen LogP contribution in [0.1, 0.15) is 11.1 Å². The summed E-state index contributed by atoms with van der Waals surface area (Å²) in [6.07, 6.45) is 0.00964. The van der Waals surface area contributed by atoms with Gasteiger partial charge in [0.25, 0.3) is 0 Å². The topological polar surface area (TPSA) is 24.5 Å². The van der Waals surface area contributed by atoms with Crippen LogP contribution in [0, 0.1) is 0 Å². The zero-order chi connectivity index (χ0) is 13.6. The highest BCUT2D eigenvalue weighted by molar-refractivity contribution is 5.15. The van der Waals surface area contributed by atoms with Gasteiger partial charge in [0.05, 0.1) is 6.61 Å². The first-order valence-electron chi connectivity index (χ1n) is 7.09. The van der Waals surface area contributed by atoms with Crippen molar-refractivity contribution in [1.29, 1.82) is 0 Å². The van der Waals surface area contributed by atoms with E-state index in [2.05, 4.69) is 52.7 Å². The first-order chi connectivity index (χ1) is 9.92. The Morgan fingerprint density at radius 3 is 2.30 bits per heavy atom. The zero-order valence-corrected chi connectivity index (χ0v) is 11.5. The molecule has 1 fully saturated rings. The predicted octanol–water partition coefficient (Wildman–Crippen LogP) is 2.59. The minimum absolute atomic E-state index is 0.00964. The highest BCUT2D eigenvalue weighted by atomic mass is 16.5. The molecule has 0 radical (unpaired) electrons. The maximum atomic E-state index is 5.99. The normalized spacial score (nSPS) is 19.3. The van der Waals surface area contributed by atoms with Crippen LogP contribution in [0.15, 0.2) is 60.7 Å². The van der Waals surface area contributed by atoms with E-state index in [1.54, 1.807) is 0 Å². The Hall–Kier alpha value is -1.68. The summed E-state index contributed by atoms with van der Waals surface area (Å²) in [5.74, 6) is 0. The summed E-state index contributed by atoms with van der Waals surface area (Å²) >= 11 is 0. The number of hydrogen-bond acceptors (Lipinski definition) is 3. The van der Waals surface area contributed by atoms with Gasteiger partial charge in [-0.2, -0.15) is 0 Å². The van der Waals surface area contributed by atoms with Crippen LogP contribution in [0.3, 0.4) is 0 Å². The number of nitrogens with zero attached hydrogens (tertiary/aromatic N) is 1. The standard InChI is InChI=1S/C17H20N2O/c1-3-7-15(8-4-1)13-19-12-11-18-17(19)20-14-16-9-5-2-6-10-16/h1-10,17-18H,11-14H2/t17-/m1/s1.